The van der Waals surface area contributed by atoms with Crippen molar-refractivity contribution in [3.63, 3.8) is 0 Å². The average molecular weight is 247 g/mol. The molecule has 0 saturated carbocycles. The molecule has 2 aromatic rings. The van der Waals surface area contributed by atoms with Crippen molar-refractivity contribution in [2.45, 2.75) is 26.4 Å². The van der Waals surface area contributed by atoms with Crippen molar-refractivity contribution in [2.24, 2.45) is 0 Å². The number of imidazole rings is 1. The summed E-state index contributed by atoms with van der Waals surface area (Å²) in [5, 5.41) is 2.90. The van der Waals surface area contributed by atoms with E-state index in [1.807, 2.05) is 13.8 Å². The third-order valence-corrected chi connectivity index (χ3v) is 2.72. The first-order chi connectivity index (χ1) is 8.61. The van der Waals surface area contributed by atoms with Gasteiger partial charge in [0.2, 0.25) is 0 Å². The van der Waals surface area contributed by atoms with Crippen molar-refractivity contribution in [3.8, 4) is 0 Å². The fourth-order valence-corrected chi connectivity index (χ4v) is 1.68. The van der Waals surface area contributed by atoms with E-state index in [2.05, 4.69) is 15.3 Å². The lowest BCUT2D eigenvalue weighted by Gasteiger charge is -2.05. The first kappa shape index (κ1) is 12.3. The molecule has 96 valence electrons. The van der Waals surface area contributed by atoms with Gasteiger partial charge < -0.3 is 5.32 Å². The van der Waals surface area contributed by atoms with Gasteiger partial charge in [0.25, 0.3) is 0 Å². The zero-order chi connectivity index (χ0) is 13.1. The molecule has 0 fully saturated rings. The molecule has 0 bridgehead atoms. The van der Waals surface area contributed by atoms with Gasteiger partial charge in [-0.05, 0) is 13.8 Å². The fraction of sp³-hybridized carbons (Fsp3) is 0.417. The number of aromatic nitrogens is 4. The zero-order valence-corrected chi connectivity index (χ0v) is 10.8. The van der Waals surface area contributed by atoms with Crippen LogP contribution in [0.4, 0.5) is 5.82 Å². The minimum Gasteiger partial charge on any atom is -0.372 e. The lowest BCUT2D eigenvalue weighted by Crippen LogP contribution is -2.25. The van der Waals surface area contributed by atoms with Crippen molar-refractivity contribution in [3.05, 3.63) is 41.0 Å². The van der Waals surface area contributed by atoms with Gasteiger partial charge in [0.05, 0.1) is 24.6 Å². The smallest absolute Gasteiger partial charge is 0.328 e. The van der Waals surface area contributed by atoms with Crippen LogP contribution in [-0.4, -0.2) is 26.1 Å². The van der Waals surface area contributed by atoms with E-state index in [1.54, 1.807) is 41.0 Å². The molecule has 6 nitrogen and oxygen atoms in total. The second-order valence-corrected chi connectivity index (χ2v) is 4.35. The molecule has 1 N–H and O–H groups in total. The van der Waals surface area contributed by atoms with E-state index >= 15 is 0 Å². The van der Waals surface area contributed by atoms with Crippen LogP contribution in [0.25, 0.3) is 0 Å². The Balaban J connectivity index is 2.21. The number of hydrogen-bond donors (Lipinski definition) is 1. The molecule has 0 amide bonds. The van der Waals surface area contributed by atoms with Crippen LogP contribution >= 0.6 is 0 Å². The third kappa shape index (κ3) is 2.42. The molecule has 0 saturated heterocycles. The van der Waals surface area contributed by atoms with Crippen molar-refractivity contribution in [1.82, 2.24) is 19.1 Å². The molecule has 18 heavy (non-hydrogen) atoms. The van der Waals surface area contributed by atoms with Crippen molar-refractivity contribution in [1.29, 1.82) is 0 Å². The summed E-state index contributed by atoms with van der Waals surface area (Å²) in [5.41, 5.74) is 0.738. The van der Waals surface area contributed by atoms with Gasteiger partial charge in [-0.3, -0.25) is 14.1 Å². The number of nitrogens with zero attached hydrogens (tertiary/aromatic N) is 4. The van der Waals surface area contributed by atoms with Gasteiger partial charge in [0, 0.05) is 25.5 Å². The predicted molar refractivity (Wildman–Crippen MR) is 69.8 cm³/mol. The van der Waals surface area contributed by atoms with Crippen LogP contribution in [0.15, 0.2) is 29.6 Å². The largest absolute Gasteiger partial charge is 0.372 e. The maximum atomic E-state index is 12.0. The average Bonchev–Trinajstić information content (AvgIpc) is 2.72. The van der Waals surface area contributed by atoms with Crippen molar-refractivity contribution >= 4 is 5.82 Å². The quantitative estimate of drug-likeness (QED) is 0.879. The Morgan fingerprint density at radius 1 is 1.28 bits per heavy atom. The van der Waals surface area contributed by atoms with Crippen molar-refractivity contribution < 1.29 is 0 Å². The summed E-state index contributed by atoms with van der Waals surface area (Å²) in [6.07, 6.45) is 6.89. The van der Waals surface area contributed by atoms with E-state index in [1.165, 1.54) is 0 Å². The molecule has 0 unspecified atom stereocenters. The van der Waals surface area contributed by atoms with Gasteiger partial charge >= 0.3 is 5.69 Å². The molecule has 2 aromatic heterocycles. The van der Waals surface area contributed by atoms with Crippen LogP contribution in [0.5, 0.6) is 0 Å². The molecule has 0 aromatic carbocycles. The van der Waals surface area contributed by atoms with Crippen LogP contribution in [-0.2, 0) is 6.54 Å². The lowest BCUT2D eigenvalue weighted by atomic mass is 10.4. The van der Waals surface area contributed by atoms with E-state index in [-0.39, 0.29) is 11.7 Å². The summed E-state index contributed by atoms with van der Waals surface area (Å²) < 4.78 is 3.32. The summed E-state index contributed by atoms with van der Waals surface area (Å²) in [4.78, 5) is 20.4. The van der Waals surface area contributed by atoms with Crippen LogP contribution < -0.4 is 11.0 Å². The minimum atomic E-state index is -0.0236. The molecule has 0 atom stereocenters. The second-order valence-electron chi connectivity index (χ2n) is 4.35. The first-order valence-corrected chi connectivity index (χ1v) is 5.87. The molecule has 2 heterocycles. The number of anilines is 1. The molecule has 0 radical (unpaired) electrons. The standard InChI is InChI=1S/C12H17N5O/c1-9(2)17-5-4-16(12(17)18)8-10-6-15-11(13-3)7-14-10/h4-7,9H,8H2,1-3H3,(H,13,15). The Hall–Kier alpha value is -2.11. The Bertz CT molecular complexity index is 567. The fourth-order valence-electron chi connectivity index (χ4n) is 1.68. The number of rotatable bonds is 4. The Morgan fingerprint density at radius 3 is 2.56 bits per heavy atom. The Morgan fingerprint density at radius 2 is 2.06 bits per heavy atom. The molecular weight excluding hydrogens is 230 g/mol. The summed E-state index contributed by atoms with van der Waals surface area (Å²) >= 11 is 0. The maximum Gasteiger partial charge on any atom is 0.328 e. The highest BCUT2D eigenvalue weighted by Gasteiger charge is 2.07. The monoisotopic (exact) mass is 247 g/mol. The van der Waals surface area contributed by atoms with Gasteiger partial charge in [-0.25, -0.2) is 9.78 Å². The molecule has 2 rings (SSSR count). The molecule has 6 heteroatoms. The summed E-state index contributed by atoms with van der Waals surface area (Å²) in [5.74, 6) is 0.714. The molecule has 0 aliphatic rings. The topological polar surface area (TPSA) is 64.7 Å². The Labute approximate surface area is 105 Å². The van der Waals surface area contributed by atoms with E-state index in [0.29, 0.717) is 12.4 Å². The first-order valence-electron chi connectivity index (χ1n) is 5.87. The normalized spacial score (nSPS) is 10.9. The molecule has 0 aliphatic heterocycles. The van der Waals surface area contributed by atoms with Gasteiger partial charge in [0.15, 0.2) is 0 Å². The predicted octanol–water partition coefficient (Wildman–Crippen LogP) is 1.11. The highest BCUT2D eigenvalue weighted by atomic mass is 16.1. The minimum absolute atomic E-state index is 0.0236. The number of nitrogens with one attached hydrogen (secondary N) is 1. The molecule has 0 aliphatic carbocycles. The van der Waals surface area contributed by atoms with Crippen LogP contribution in [0, 0.1) is 0 Å². The van der Waals surface area contributed by atoms with Gasteiger partial charge in [0.1, 0.15) is 5.82 Å². The van der Waals surface area contributed by atoms with Crippen LogP contribution in [0.3, 0.4) is 0 Å². The maximum absolute atomic E-state index is 12.0. The highest BCUT2D eigenvalue weighted by Crippen LogP contribution is 2.03. The van der Waals surface area contributed by atoms with E-state index in [4.69, 9.17) is 0 Å². The van der Waals surface area contributed by atoms with Crippen LogP contribution in [0.1, 0.15) is 25.6 Å². The zero-order valence-electron chi connectivity index (χ0n) is 10.8. The second kappa shape index (κ2) is 5.03. The van der Waals surface area contributed by atoms with E-state index in [0.717, 1.165) is 5.69 Å². The number of hydrogen-bond acceptors (Lipinski definition) is 4. The molecular formula is C12H17N5O. The van der Waals surface area contributed by atoms with E-state index in [9.17, 15) is 4.79 Å². The van der Waals surface area contributed by atoms with Crippen molar-refractivity contribution in [2.75, 3.05) is 12.4 Å². The van der Waals surface area contributed by atoms with Gasteiger partial charge in [-0.1, -0.05) is 0 Å². The summed E-state index contributed by atoms with van der Waals surface area (Å²) in [7, 11) is 1.79. The van der Waals surface area contributed by atoms with Crippen LogP contribution in [0.2, 0.25) is 0 Å². The highest BCUT2D eigenvalue weighted by molar-refractivity contribution is 5.29. The third-order valence-electron chi connectivity index (χ3n) is 2.72. The van der Waals surface area contributed by atoms with E-state index < -0.39 is 0 Å². The SMILES string of the molecule is CNc1cnc(Cn2ccn(C(C)C)c2=O)cn1. The summed E-state index contributed by atoms with van der Waals surface area (Å²) in [6.45, 7) is 4.40. The van der Waals surface area contributed by atoms with Gasteiger partial charge in [-0.2, -0.15) is 0 Å². The molecule has 0 spiro atoms. The summed E-state index contributed by atoms with van der Waals surface area (Å²) in [6, 6.07) is 0.163. The van der Waals surface area contributed by atoms with Gasteiger partial charge in [-0.15, -0.1) is 0 Å². The lowest BCUT2D eigenvalue weighted by molar-refractivity contribution is 0.559. The Kier molecular flexibility index (Phi) is 3.45.